The van der Waals surface area contributed by atoms with Crippen molar-refractivity contribution in [2.24, 2.45) is 0 Å². The highest BCUT2D eigenvalue weighted by atomic mass is 16.4. The lowest BCUT2D eigenvalue weighted by Gasteiger charge is -2.00. The second kappa shape index (κ2) is 3.41. The lowest BCUT2D eigenvalue weighted by Crippen LogP contribution is -2.06. The maximum Gasteiger partial charge on any atom is 0.341 e. The van der Waals surface area contributed by atoms with Gasteiger partial charge in [0, 0.05) is 6.20 Å². The Bertz CT molecular complexity index is 493. The van der Waals surface area contributed by atoms with Gasteiger partial charge in [0.05, 0.1) is 11.8 Å². The Labute approximate surface area is 84.4 Å². The Morgan fingerprint density at radius 1 is 1.53 bits per heavy atom. The van der Waals surface area contributed by atoms with Crippen molar-refractivity contribution in [2.75, 3.05) is 5.73 Å². The summed E-state index contributed by atoms with van der Waals surface area (Å²) in [5.41, 5.74) is 6.01. The van der Waals surface area contributed by atoms with Crippen molar-refractivity contribution < 1.29 is 14.3 Å². The van der Waals surface area contributed by atoms with Gasteiger partial charge in [0.2, 0.25) is 0 Å². The van der Waals surface area contributed by atoms with E-state index in [0.29, 0.717) is 11.4 Å². The first kappa shape index (κ1) is 9.20. The summed E-state index contributed by atoms with van der Waals surface area (Å²) in [6.07, 6.45) is 4.10. The van der Waals surface area contributed by atoms with Crippen LogP contribution in [-0.2, 0) is 0 Å². The highest BCUT2D eigenvalue weighted by Crippen LogP contribution is 2.17. The van der Waals surface area contributed by atoms with Crippen molar-refractivity contribution in [3.05, 3.63) is 30.4 Å². The van der Waals surface area contributed by atoms with Crippen LogP contribution in [0, 0.1) is 0 Å². The van der Waals surface area contributed by atoms with Crippen LogP contribution in [0.25, 0.3) is 11.4 Å². The number of nitrogen functional groups attached to an aromatic ring is 1. The molecule has 15 heavy (non-hydrogen) atoms. The molecule has 0 unspecified atom stereocenters. The zero-order chi connectivity index (χ0) is 10.8. The fourth-order valence-electron chi connectivity index (χ4n) is 1.09. The van der Waals surface area contributed by atoms with Crippen LogP contribution >= 0.6 is 0 Å². The number of hydrogen-bond donors (Lipinski definition) is 2. The van der Waals surface area contributed by atoms with Crippen LogP contribution in [0.1, 0.15) is 10.4 Å². The third kappa shape index (κ3) is 1.64. The van der Waals surface area contributed by atoms with Crippen molar-refractivity contribution in [1.82, 2.24) is 9.97 Å². The van der Waals surface area contributed by atoms with Gasteiger partial charge in [-0.1, -0.05) is 0 Å². The molecule has 6 heteroatoms. The van der Waals surface area contributed by atoms with E-state index in [1.54, 1.807) is 6.07 Å². The minimum atomic E-state index is -1.15. The van der Waals surface area contributed by atoms with Gasteiger partial charge in [-0.25, -0.2) is 14.8 Å². The molecule has 6 nitrogen and oxygen atoms in total. The average molecular weight is 205 g/mol. The van der Waals surface area contributed by atoms with E-state index in [1.165, 1.54) is 18.7 Å². The molecule has 0 saturated carbocycles. The first-order valence-corrected chi connectivity index (χ1v) is 4.07. The molecule has 0 aliphatic rings. The van der Waals surface area contributed by atoms with Crippen LogP contribution in [0.4, 0.5) is 5.82 Å². The molecule has 0 spiro atoms. The molecule has 0 saturated heterocycles. The molecule has 0 amide bonds. The van der Waals surface area contributed by atoms with Crippen molar-refractivity contribution in [3.63, 3.8) is 0 Å². The maximum atomic E-state index is 10.6. The quantitative estimate of drug-likeness (QED) is 0.758. The number of furan rings is 1. The molecule has 0 bridgehead atoms. The first-order valence-electron chi connectivity index (χ1n) is 4.07. The van der Waals surface area contributed by atoms with Gasteiger partial charge in [-0.2, -0.15) is 0 Å². The topological polar surface area (TPSA) is 102 Å². The van der Waals surface area contributed by atoms with Crippen LogP contribution < -0.4 is 5.73 Å². The number of nitrogens with two attached hydrogens (primary N) is 1. The molecule has 0 aliphatic carbocycles. The van der Waals surface area contributed by atoms with Crippen molar-refractivity contribution in [3.8, 4) is 11.4 Å². The third-order valence-corrected chi connectivity index (χ3v) is 1.83. The SMILES string of the molecule is Nc1nc(-c2ccoc2)ncc1C(=O)O. The predicted molar refractivity (Wildman–Crippen MR) is 51.1 cm³/mol. The highest BCUT2D eigenvalue weighted by molar-refractivity contribution is 5.92. The number of carboxylic acid groups (broad SMARTS) is 1. The van der Waals surface area contributed by atoms with E-state index in [1.807, 2.05) is 0 Å². The number of rotatable bonds is 2. The average Bonchev–Trinajstić information content (AvgIpc) is 2.69. The zero-order valence-electron chi connectivity index (χ0n) is 7.54. The summed E-state index contributed by atoms with van der Waals surface area (Å²) in [6, 6.07) is 1.66. The number of anilines is 1. The van der Waals surface area contributed by atoms with Gasteiger partial charge in [0.25, 0.3) is 0 Å². The Morgan fingerprint density at radius 3 is 2.87 bits per heavy atom. The molecule has 2 aromatic heterocycles. The number of hydrogen-bond acceptors (Lipinski definition) is 5. The maximum absolute atomic E-state index is 10.6. The molecule has 0 fully saturated rings. The van der Waals surface area contributed by atoms with E-state index < -0.39 is 5.97 Å². The van der Waals surface area contributed by atoms with Crippen LogP contribution in [-0.4, -0.2) is 21.0 Å². The second-order valence-corrected chi connectivity index (χ2v) is 2.81. The van der Waals surface area contributed by atoms with Crippen LogP contribution in [0.5, 0.6) is 0 Å². The van der Waals surface area contributed by atoms with Crippen LogP contribution in [0.15, 0.2) is 29.2 Å². The summed E-state index contributed by atoms with van der Waals surface area (Å²) in [7, 11) is 0. The summed E-state index contributed by atoms with van der Waals surface area (Å²) < 4.78 is 4.85. The Morgan fingerprint density at radius 2 is 2.33 bits per heavy atom. The Hall–Kier alpha value is -2.37. The largest absolute Gasteiger partial charge is 0.477 e. The summed E-state index contributed by atoms with van der Waals surface area (Å²) in [5.74, 6) is -0.869. The lowest BCUT2D eigenvalue weighted by atomic mass is 10.3. The summed E-state index contributed by atoms with van der Waals surface area (Å²) in [6.45, 7) is 0. The normalized spacial score (nSPS) is 10.1. The summed E-state index contributed by atoms with van der Waals surface area (Å²) in [5, 5.41) is 8.71. The molecule has 0 aromatic carbocycles. The van der Waals surface area contributed by atoms with Gasteiger partial charge in [-0.3, -0.25) is 0 Å². The fourth-order valence-corrected chi connectivity index (χ4v) is 1.09. The van der Waals surface area contributed by atoms with E-state index in [4.69, 9.17) is 15.3 Å². The molecule has 3 N–H and O–H groups in total. The number of carbonyl (C=O) groups is 1. The van der Waals surface area contributed by atoms with E-state index in [-0.39, 0.29) is 11.4 Å². The molecule has 0 atom stereocenters. The number of aromatic carboxylic acids is 1. The highest BCUT2D eigenvalue weighted by Gasteiger charge is 2.11. The standard InChI is InChI=1S/C9H7N3O3/c10-7-6(9(13)14)3-11-8(12-7)5-1-2-15-4-5/h1-4H,(H,13,14)(H2,10,11,12). The van der Waals surface area contributed by atoms with Crippen molar-refractivity contribution >= 4 is 11.8 Å². The van der Waals surface area contributed by atoms with Crippen molar-refractivity contribution in [1.29, 1.82) is 0 Å². The van der Waals surface area contributed by atoms with Gasteiger partial charge in [-0.15, -0.1) is 0 Å². The third-order valence-electron chi connectivity index (χ3n) is 1.83. The molecule has 2 aromatic rings. The predicted octanol–water partition coefficient (Wildman–Crippen LogP) is 1.02. The molecule has 2 rings (SSSR count). The van der Waals surface area contributed by atoms with Gasteiger partial charge in [-0.05, 0) is 6.07 Å². The molecule has 0 aliphatic heterocycles. The fraction of sp³-hybridized carbons (Fsp3) is 0. The monoisotopic (exact) mass is 205 g/mol. The van der Waals surface area contributed by atoms with Crippen LogP contribution in [0.3, 0.4) is 0 Å². The first-order chi connectivity index (χ1) is 7.18. The second-order valence-electron chi connectivity index (χ2n) is 2.81. The minimum Gasteiger partial charge on any atom is -0.477 e. The Kier molecular flexibility index (Phi) is 2.09. The smallest absolute Gasteiger partial charge is 0.341 e. The molecular formula is C9H7N3O3. The number of nitrogens with zero attached hydrogens (tertiary/aromatic N) is 2. The van der Waals surface area contributed by atoms with Gasteiger partial charge in [0.1, 0.15) is 17.6 Å². The van der Waals surface area contributed by atoms with Gasteiger partial charge < -0.3 is 15.3 Å². The molecule has 2 heterocycles. The minimum absolute atomic E-state index is 0.0614. The molecule has 76 valence electrons. The van der Waals surface area contributed by atoms with E-state index >= 15 is 0 Å². The summed E-state index contributed by atoms with van der Waals surface area (Å²) in [4.78, 5) is 18.4. The van der Waals surface area contributed by atoms with Crippen molar-refractivity contribution in [2.45, 2.75) is 0 Å². The van der Waals surface area contributed by atoms with Gasteiger partial charge in [0.15, 0.2) is 5.82 Å². The zero-order valence-corrected chi connectivity index (χ0v) is 7.54. The van der Waals surface area contributed by atoms with Gasteiger partial charge >= 0.3 is 5.97 Å². The Balaban J connectivity index is 2.47. The summed E-state index contributed by atoms with van der Waals surface area (Å²) >= 11 is 0. The van der Waals surface area contributed by atoms with E-state index in [9.17, 15) is 4.79 Å². The number of aromatic nitrogens is 2. The van der Waals surface area contributed by atoms with E-state index in [2.05, 4.69) is 9.97 Å². The number of carboxylic acids is 1. The van der Waals surface area contributed by atoms with Crippen LogP contribution in [0.2, 0.25) is 0 Å². The molecular weight excluding hydrogens is 198 g/mol. The molecule has 0 radical (unpaired) electrons. The lowest BCUT2D eigenvalue weighted by molar-refractivity contribution is 0.0697. The van der Waals surface area contributed by atoms with E-state index in [0.717, 1.165) is 0 Å².